The summed E-state index contributed by atoms with van der Waals surface area (Å²) in [4.78, 5) is 6.54. The van der Waals surface area contributed by atoms with Crippen LogP contribution in [0.5, 0.6) is 0 Å². The van der Waals surface area contributed by atoms with Crippen molar-refractivity contribution in [3.63, 3.8) is 0 Å². The number of hydrogen-bond acceptors (Lipinski definition) is 4. The van der Waals surface area contributed by atoms with Crippen molar-refractivity contribution >= 4 is 5.88 Å². The van der Waals surface area contributed by atoms with Crippen LogP contribution in [0, 0.1) is 11.3 Å². The van der Waals surface area contributed by atoms with Gasteiger partial charge in [0.15, 0.2) is 0 Å². The fourth-order valence-electron chi connectivity index (χ4n) is 2.93. The van der Waals surface area contributed by atoms with Crippen LogP contribution < -0.4 is 4.90 Å². The zero-order valence-electron chi connectivity index (χ0n) is 14.1. The van der Waals surface area contributed by atoms with Crippen LogP contribution in [-0.4, -0.2) is 18.1 Å². The number of aromatic nitrogens is 1. The molecule has 1 aromatic heterocycles. The highest BCUT2D eigenvalue weighted by molar-refractivity contribution is 5.60. The molecular weight excluding hydrogens is 286 g/mol. The predicted molar refractivity (Wildman–Crippen MR) is 91.4 cm³/mol. The topological polar surface area (TPSA) is 53.1 Å². The lowest BCUT2D eigenvalue weighted by Gasteiger charge is -2.25. The van der Waals surface area contributed by atoms with Gasteiger partial charge in [0.1, 0.15) is 6.07 Å². The van der Waals surface area contributed by atoms with Crippen LogP contribution in [0.4, 0.5) is 5.88 Å². The van der Waals surface area contributed by atoms with Gasteiger partial charge in [-0.25, -0.2) is 0 Å². The summed E-state index contributed by atoms with van der Waals surface area (Å²) in [6, 6.07) is 10.4. The van der Waals surface area contributed by atoms with E-state index in [9.17, 15) is 5.26 Å². The average molecular weight is 309 g/mol. The third-order valence-corrected chi connectivity index (χ3v) is 4.36. The van der Waals surface area contributed by atoms with Gasteiger partial charge in [0.05, 0.1) is 0 Å². The number of piperidine rings is 1. The Balaban J connectivity index is 1.91. The fourth-order valence-corrected chi connectivity index (χ4v) is 2.93. The molecule has 0 bridgehead atoms. The molecular formula is C19H23N3O. The number of oxazole rings is 1. The molecule has 0 amide bonds. The van der Waals surface area contributed by atoms with E-state index >= 15 is 0 Å². The smallest absolute Gasteiger partial charge is 0.235 e. The van der Waals surface area contributed by atoms with E-state index in [1.165, 1.54) is 12.0 Å². The molecule has 1 aromatic carbocycles. The van der Waals surface area contributed by atoms with Crippen molar-refractivity contribution in [1.29, 1.82) is 5.26 Å². The molecule has 0 radical (unpaired) electrons. The van der Waals surface area contributed by atoms with Crippen LogP contribution >= 0.6 is 0 Å². The van der Waals surface area contributed by atoms with Crippen molar-refractivity contribution in [3.8, 4) is 17.5 Å². The first-order valence-corrected chi connectivity index (χ1v) is 8.26. The van der Waals surface area contributed by atoms with Gasteiger partial charge in [-0.2, -0.15) is 10.2 Å². The predicted octanol–water partition coefficient (Wildman–Crippen LogP) is 4.50. The average Bonchev–Trinajstić information content (AvgIpc) is 2.99. The normalized spacial score (nSPS) is 15.5. The zero-order valence-corrected chi connectivity index (χ0v) is 14.1. The van der Waals surface area contributed by atoms with Crippen LogP contribution in [0.2, 0.25) is 0 Å². The summed E-state index contributed by atoms with van der Waals surface area (Å²) in [5, 5.41) is 9.36. The van der Waals surface area contributed by atoms with Crippen LogP contribution in [0.1, 0.15) is 51.3 Å². The molecule has 0 aliphatic carbocycles. The quantitative estimate of drug-likeness (QED) is 0.819. The number of nitrogens with zero attached hydrogens (tertiary/aromatic N) is 3. The summed E-state index contributed by atoms with van der Waals surface area (Å²) in [7, 11) is 0. The molecule has 1 aliphatic heterocycles. The van der Waals surface area contributed by atoms with Crippen molar-refractivity contribution < 1.29 is 4.42 Å². The SMILES string of the molecule is CC(C)(C)c1ccc(-c2nc(C#N)c(N3CCCCC3)o2)cc1. The zero-order chi connectivity index (χ0) is 16.4. The molecule has 120 valence electrons. The Kier molecular flexibility index (Phi) is 4.12. The van der Waals surface area contributed by atoms with Gasteiger partial charge in [0, 0.05) is 18.7 Å². The minimum absolute atomic E-state index is 0.117. The first-order valence-electron chi connectivity index (χ1n) is 8.26. The number of hydrogen-bond donors (Lipinski definition) is 0. The third kappa shape index (κ3) is 3.24. The minimum atomic E-state index is 0.117. The highest BCUT2D eigenvalue weighted by Crippen LogP contribution is 2.31. The molecule has 3 rings (SSSR count). The number of anilines is 1. The second-order valence-corrected chi connectivity index (χ2v) is 7.16. The largest absolute Gasteiger partial charge is 0.419 e. The van der Waals surface area contributed by atoms with E-state index in [-0.39, 0.29) is 5.41 Å². The Morgan fingerprint density at radius 1 is 1.09 bits per heavy atom. The summed E-state index contributed by atoms with van der Waals surface area (Å²) < 4.78 is 5.95. The molecule has 0 saturated carbocycles. The highest BCUT2D eigenvalue weighted by atomic mass is 16.4. The first-order chi connectivity index (χ1) is 11.0. The maximum Gasteiger partial charge on any atom is 0.235 e. The molecule has 0 spiro atoms. The summed E-state index contributed by atoms with van der Waals surface area (Å²) in [6.45, 7) is 8.44. The van der Waals surface area contributed by atoms with Crippen LogP contribution in [0.25, 0.3) is 11.5 Å². The van der Waals surface area contributed by atoms with E-state index in [4.69, 9.17) is 4.42 Å². The van der Waals surface area contributed by atoms with Gasteiger partial charge in [-0.05, 0) is 42.4 Å². The lowest BCUT2D eigenvalue weighted by molar-refractivity contribution is 0.504. The van der Waals surface area contributed by atoms with E-state index in [0.717, 1.165) is 31.5 Å². The van der Waals surface area contributed by atoms with Crippen molar-refractivity contribution in [2.24, 2.45) is 0 Å². The summed E-state index contributed by atoms with van der Waals surface area (Å²) in [6.07, 6.45) is 3.52. The number of rotatable bonds is 2. The molecule has 1 saturated heterocycles. The lowest BCUT2D eigenvalue weighted by atomic mass is 9.87. The van der Waals surface area contributed by atoms with Crippen molar-refractivity contribution in [1.82, 2.24) is 4.98 Å². The van der Waals surface area contributed by atoms with Gasteiger partial charge in [0.25, 0.3) is 0 Å². The summed E-state index contributed by atoms with van der Waals surface area (Å²) >= 11 is 0. The minimum Gasteiger partial charge on any atom is -0.419 e. The maximum atomic E-state index is 9.36. The Morgan fingerprint density at radius 2 is 1.74 bits per heavy atom. The van der Waals surface area contributed by atoms with Gasteiger partial charge in [0.2, 0.25) is 17.5 Å². The van der Waals surface area contributed by atoms with Crippen LogP contribution in [-0.2, 0) is 5.41 Å². The van der Waals surface area contributed by atoms with Crippen LogP contribution in [0.15, 0.2) is 28.7 Å². The molecule has 0 atom stereocenters. The number of benzene rings is 1. The van der Waals surface area contributed by atoms with Gasteiger partial charge in [-0.15, -0.1) is 0 Å². The Morgan fingerprint density at radius 3 is 2.30 bits per heavy atom. The molecule has 2 aromatic rings. The monoisotopic (exact) mass is 309 g/mol. The fraction of sp³-hybridized carbons (Fsp3) is 0.474. The Hall–Kier alpha value is -2.28. The highest BCUT2D eigenvalue weighted by Gasteiger charge is 2.22. The van der Waals surface area contributed by atoms with E-state index < -0.39 is 0 Å². The van der Waals surface area contributed by atoms with E-state index in [2.05, 4.69) is 48.9 Å². The molecule has 23 heavy (non-hydrogen) atoms. The van der Waals surface area contributed by atoms with Gasteiger partial charge in [-0.3, -0.25) is 0 Å². The van der Waals surface area contributed by atoms with Gasteiger partial charge < -0.3 is 9.32 Å². The van der Waals surface area contributed by atoms with Crippen molar-refractivity contribution in [2.75, 3.05) is 18.0 Å². The second kappa shape index (κ2) is 6.08. The number of nitriles is 1. The molecule has 0 N–H and O–H groups in total. The second-order valence-electron chi connectivity index (χ2n) is 7.16. The summed E-state index contributed by atoms with van der Waals surface area (Å²) in [5.41, 5.74) is 2.69. The Labute approximate surface area is 137 Å². The summed E-state index contributed by atoms with van der Waals surface area (Å²) in [5.74, 6) is 1.16. The van der Waals surface area contributed by atoms with E-state index in [1.54, 1.807) is 0 Å². The lowest BCUT2D eigenvalue weighted by Crippen LogP contribution is -2.29. The van der Waals surface area contributed by atoms with Gasteiger partial charge >= 0.3 is 0 Å². The Bertz CT molecular complexity index is 711. The standard InChI is InChI=1S/C19H23N3O/c1-19(2,3)15-9-7-14(8-10-15)17-21-16(13-20)18(23-17)22-11-5-4-6-12-22/h7-10H,4-6,11-12H2,1-3H3. The molecule has 0 unspecified atom stereocenters. The molecule has 1 aliphatic rings. The van der Waals surface area contributed by atoms with Crippen molar-refractivity contribution in [2.45, 2.75) is 45.4 Å². The van der Waals surface area contributed by atoms with E-state index in [1.807, 2.05) is 12.1 Å². The van der Waals surface area contributed by atoms with E-state index in [0.29, 0.717) is 17.5 Å². The molecule has 4 heteroatoms. The van der Waals surface area contributed by atoms with Crippen LogP contribution in [0.3, 0.4) is 0 Å². The molecule has 4 nitrogen and oxygen atoms in total. The third-order valence-electron chi connectivity index (χ3n) is 4.36. The maximum absolute atomic E-state index is 9.36. The van der Waals surface area contributed by atoms with Crippen molar-refractivity contribution in [3.05, 3.63) is 35.5 Å². The first kappa shape index (κ1) is 15.6. The van der Waals surface area contributed by atoms with Gasteiger partial charge in [-0.1, -0.05) is 32.9 Å². The molecule has 1 fully saturated rings. The molecule has 2 heterocycles.